The van der Waals surface area contributed by atoms with E-state index >= 15 is 0 Å². The van der Waals surface area contributed by atoms with Gasteiger partial charge in [0.15, 0.2) is 5.82 Å². The Labute approximate surface area is 154 Å². The topological polar surface area (TPSA) is 77.0 Å². The van der Waals surface area contributed by atoms with E-state index in [0.717, 1.165) is 11.1 Å². The molecular formula is C18H18FN5OS. The first kappa shape index (κ1) is 17.9. The van der Waals surface area contributed by atoms with Crippen molar-refractivity contribution < 1.29 is 9.18 Å². The molecule has 0 aliphatic heterocycles. The van der Waals surface area contributed by atoms with Crippen LogP contribution in [0.2, 0.25) is 0 Å². The molecule has 0 unspecified atom stereocenters. The Kier molecular flexibility index (Phi) is 5.52. The summed E-state index contributed by atoms with van der Waals surface area (Å²) in [7, 11) is 1.70. The molecule has 0 saturated carbocycles. The summed E-state index contributed by atoms with van der Waals surface area (Å²) in [4.78, 5) is 13.9. The lowest BCUT2D eigenvalue weighted by atomic mass is 10.2. The van der Waals surface area contributed by atoms with Gasteiger partial charge < -0.3 is 10.7 Å². The fourth-order valence-electron chi connectivity index (χ4n) is 2.35. The molecule has 3 aromatic rings. The molecule has 0 fully saturated rings. The second kappa shape index (κ2) is 8.01. The predicted octanol–water partition coefficient (Wildman–Crippen LogP) is 2.55. The number of hydrogen-bond donors (Lipinski definition) is 1. The summed E-state index contributed by atoms with van der Waals surface area (Å²) >= 11 is 1.23. The number of rotatable bonds is 6. The predicted molar refractivity (Wildman–Crippen MR) is 99.2 cm³/mol. The van der Waals surface area contributed by atoms with Crippen LogP contribution >= 0.6 is 11.8 Å². The maximum atomic E-state index is 12.9. The molecule has 0 atom stereocenters. The van der Waals surface area contributed by atoms with E-state index in [9.17, 15) is 9.18 Å². The Bertz CT molecular complexity index is 882. The lowest BCUT2D eigenvalue weighted by molar-refractivity contribution is -0.127. The van der Waals surface area contributed by atoms with E-state index < -0.39 is 0 Å². The first-order valence-electron chi connectivity index (χ1n) is 7.91. The van der Waals surface area contributed by atoms with E-state index in [1.807, 2.05) is 30.3 Å². The smallest absolute Gasteiger partial charge is 0.233 e. The summed E-state index contributed by atoms with van der Waals surface area (Å²) in [6, 6.07) is 15.6. The van der Waals surface area contributed by atoms with Crippen LogP contribution in [-0.4, -0.2) is 38.5 Å². The molecule has 6 nitrogen and oxygen atoms in total. The zero-order chi connectivity index (χ0) is 18.5. The highest BCUT2D eigenvalue weighted by Gasteiger charge is 2.15. The number of nitrogens with two attached hydrogens (primary N) is 1. The zero-order valence-corrected chi connectivity index (χ0v) is 15.0. The molecule has 1 aromatic heterocycles. The number of carbonyl (C=O) groups excluding carboxylic acids is 1. The van der Waals surface area contributed by atoms with Crippen molar-refractivity contribution in [1.82, 2.24) is 19.8 Å². The van der Waals surface area contributed by atoms with Gasteiger partial charge in [-0.05, 0) is 17.7 Å². The first-order chi connectivity index (χ1) is 12.5. The van der Waals surface area contributed by atoms with Gasteiger partial charge in [-0.2, -0.15) is 0 Å². The van der Waals surface area contributed by atoms with Gasteiger partial charge in [0.2, 0.25) is 11.1 Å². The summed E-state index contributed by atoms with van der Waals surface area (Å²) in [5.74, 6) is 6.39. The number of nitrogens with zero attached hydrogens (tertiary/aromatic N) is 4. The van der Waals surface area contributed by atoms with Gasteiger partial charge in [-0.25, -0.2) is 9.07 Å². The van der Waals surface area contributed by atoms with Crippen LogP contribution in [0.15, 0.2) is 59.8 Å². The van der Waals surface area contributed by atoms with Gasteiger partial charge in [-0.15, -0.1) is 10.2 Å². The van der Waals surface area contributed by atoms with Crippen molar-refractivity contribution in [2.24, 2.45) is 0 Å². The molecule has 134 valence electrons. The van der Waals surface area contributed by atoms with Gasteiger partial charge in [0.05, 0.1) is 5.75 Å². The summed E-state index contributed by atoms with van der Waals surface area (Å²) in [6.07, 6.45) is 0. The van der Waals surface area contributed by atoms with Crippen LogP contribution in [-0.2, 0) is 11.3 Å². The standard InChI is InChI=1S/C18H18FN5OS/c1-23(11-13-7-9-15(19)10-8-13)16(25)12-26-18-22-21-17(24(18)20)14-5-3-2-4-6-14/h2-10H,11-12,20H2,1H3. The van der Waals surface area contributed by atoms with Gasteiger partial charge in [-0.1, -0.05) is 54.2 Å². The van der Waals surface area contributed by atoms with Crippen molar-refractivity contribution in [3.05, 3.63) is 66.0 Å². The maximum absolute atomic E-state index is 12.9. The monoisotopic (exact) mass is 371 g/mol. The molecule has 0 saturated heterocycles. The third-order valence-corrected chi connectivity index (χ3v) is 4.71. The number of nitrogen functional groups attached to an aromatic ring is 1. The largest absolute Gasteiger partial charge is 0.341 e. The number of halogens is 1. The van der Waals surface area contributed by atoms with Crippen LogP contribution < -0.4 is 5.84 Å². The highest BCUT2D eigenvalue weighted by Crippen LogP contribution is 2.21. The second-order valence-corrected chi connectivity index (χ2v) is 6.65. The molecule has 2 N–H and O–H groups in total. The molecular weight excluding hydrogens is 353 g/mol. The minimum Gasteiger partial charge on any atom is -0.341 e. The molecule has 1 heterocycles. The Morgan fingerprint density at radius 1 is 1.15 bits per heavy atom. The third-order valence-electron chi connectivity index (χ3n) is 3.78. The van der Waals surface area contributed by atoms with Crippen molar-refractivity contribution in [2.75, 3.05) is 18.6 Å². The Morgan fingerprint density at radius 2 is 1.85 bits per heavy atom. The van der Waals surface area contributed by atoms with Crippen LogP contribution in [0.1, 0.15) is 5.56 Å². The van der Waals surface area contributed by atoms with Crippen LogP contribution in [0.3, 0.4) is 0 Å². The highest BCUT2D eigenvalue weighted by molar-refractivity contribution is 7.99. The molecule has 8 heteroatoms. The van der Waals surface area contributed by atoms with Gasteiger partial charge in [-0.3, -0.25) is 4.79 Å². The molecule has 0 radical (unpaired) electrons. The van der Waals surface area contributed by atoms with Crippen molar-refractivity contribution in [3.63, 3.8) is 0 Å². The number of aromatic nitrogens is 3. The minimum absolute atomic E-state index is 0.0800. The molecule has 0 aliphatic rings. The zero-order valence-electron chi connectivity index (χ0n) is 14.2. The third kappa shape index (κ3) is 4.20. The van der Waals surface area contributed by atoms with Crippen LogP contribution in [0.4, 0.5) is 4.39 Å². The van der Waals surface area contributed by atoms with Gasteiger partial charge in [0.25, 0.3) is 0 Å². The normalized spacial score (nSPS) is 10.7. The lowest BCUT2D eigenvalue weighted by Gasteiger charge is -2.16. The Balaban J connectivity index is 1.59. The average Bonchev–Trinajstić information content (AvgIpc) is 3.03. The van der Waals surface area contributed by atoms with E-state index in [-0.39, 0.29) is 17.5 Å². The SMILES string of the molecule is CN(Cc1ccc(F)cc1)C(=O)CSc1nnc(-c2ccccc2)n1N. The average molecular weight is 371 g/mol. The van der Waals surface area contributed by atoms with Crippen LogP contribution in [0, 0.1) is 5.82 Å². The number of benzene rings is 2. The molecule has 0 aliphatic carbocycles. The summed E-state index contributed by atoms with van der Waals surface area (Å²) < 4.78 is 14.3. The highest BCUT2D eigenvalue weighted by atomic mass is 32.2. The molecule has 0 spiro atoms. The van der Waals surface area contributed by atoms with E-state index in [2.05, 4.69) is 10.2 Å². The van der Waals surface area contributed by atoms with Crippen molar-refractivity contribution in [2.45, 2.75) is 11.7 Å². The van der Waals surface area contributed by atoms with E-state index in [4.69, 9.17) is 5.84 Å². The number of hydrogen-bond acceptors (Lipinski definition) is 5. The fraction of sp³-hybridized carbons (Fsp3) is 0.167. The maximum Gasteiger partial charge on any atom is 0.233 e. The van der Waals surface area contributed by atoms with E-state index in [1.165, 1.54) is 28.6 Å². The van der Waals surface area contributed by atoms with E-state index in [1.54, 1.807) is 24.1 Å². The summed E-state index contributed by atoms with van der Waals surface area (Å²) in [6.45, 7) is 0.407. The van der Waals surface area contributed by atoms with Crippen molar-refractivity contribution >= 4 is 17.7 Å². The van der Waals surface area contributed by atoms with Crippen molar-refractivity contribution in [1.29, 1.82) is 0 Å². The quantitative estimate of drug-likeness (QED) is 0.532. The second-order valence-electron chi connectivity index (χ2n) is 5.71. The fourth-order valence-corrected chi connectivity index (χ4v) is 3.14. The van der Waals surface area contributed by atoms with Gasteiger partial charge >= 0.3 is 0 Å². The number of thioether (sulfide) groups is 1. The van der Waals surface area contributed by atoms with E-state index in [0.29, 0.717) is 17.5 Å². The van der Waals surface area contributed by atoms with Gasteiger partial charge in [0, 0.05) is 19.2 Å². The van der Waals surface area contributed by atoms with Crippen LogP contribution in [0.5, 0.6) is 0 Å². The van der Waals surface area contributed by atoms with Gasteiger partial charge in [0.1, 0.15) is 5.82 Å². The van der Waals surface area contributed by atoms with Crippen molar-refractivity contribution in [3.8, 4) is 11.4 Å². The minimum atomic E-state index is -0.296. The summed E-state index contributed by atoms with van der Waals surface area (Å²) in [5, 5.41) is 8.61. The molecule has 3 rings (SSSR count). The molecule has 2 aromatic carbocycles. The number of amides is 1. The first-order valence-corrected chi connectivity index (χ1v) is 8.90. The Morgan fingerprint density at radius 3 is 2.54 bits per heavy atom. The summed E-state index contributed by atoms with van der Waals surface area (Å²) in [5.41, 5.74) is 1.72. The van der Waals surface area contributed by atoms with Crippen LogP contribution in [0.25, 0.3) is 11.4 Å². The molecule has 0 bridgehead atoms. The Hall–Kier alpha value is -2.87. The molecule has 1 amide bonds. The number of carbonyl (C=O) groups is 1. The molecule has 26 heavy (non-hydrogen) atoms. The lowest BCUT2D eigenvalue weighted by Crippen LogP contribution is -2.28.